The van der Waals surface area contributed by atoms with Crippen molar-refractivity contribution in [2.45, 2.75) is 20.4 Å². The molecule has 3 nitrogen and oxygen atoms in total. The lowest BCUT2D eigenvalue weighted by atomic mass is 10.2. The van der Waals surface area contributed by atoms with Crippen LogP contribution in [-0.4, -0.2) is 23.4 Å². The van der Waals surface area contributed by atoms with Crippen LogP contribution in [0, 0.1) is 0 Å². The molecule has 0 bridgehead atoms. The standard InChI is InChI=1S/C11H13NO2.C2H6/c1-14-7-6-12-5-4-9-8-10(13)2-3-11(9)12;1-2/h2-5,8,13H,6-7H2,1H3;1-2H3. The zero-order valence-electron chi connectivity index (χ0n) is 10.1. The van der Waals surface area contributed by atoms with E-state index in [4.69, 9.17) is 4.74 Å². The number of phenols is 1. The summed E-state index contributed by atoms with van der Waals surface area (Å²) >= 11 is 0. The second kappa shape index (κ2) is 6.18. The number of rotatable bonds is 3. The summed E-state index contributed by atoms with van der Waals surface area (Å²) < 4.78 is 7.13. The maximum absolute atomic E-state index is 9.28. The third kappa shape index (κ3) is 2.76. The first-order valence-corrected chi connectivity index (χ1v) is 5.58. The van der Waals surface area contributed by atoms with Gasteiger partial charge in [-0.25, -0.2) is 0 Å². The predicted octanol–water partition coefficient (Wildman–Crippen LogP) is 3.02. The Labute approximate surface area is 96.3 Å². The van der Waals surface area contributed by atoms with Gasteiger partial charge in [0, 0.05) is 30.8 Å². The average Bonchev–Trinajstić information content (AvgIpc) is 2.71. The second-order valence-corrected chi connectivity index (χ2v) is 3.25. The summed E-state index contributed by atoms with van der Waals surface area (Å²) in [5.74, 6) is 0.307. The van der Waals surface area contributed by atoms with E-state index < -0.39 is 0 Å². The average molecular weight is 221 g/mol. The Kier molecular flexibility index (Phi) is 4.86. The molecule has 2 aromatic rings. The van der Waals surface area contributed by atoms with Crippen LogP contribution in [0.4, 0.5) is 0 Å². The quantitative estimate of drug-likeness (QED) is 0.864. The van der Waals surface area contributed by atoms with Crippen molar-refractivity contribution >= 4 is 10.9 Å². The van der Waals surface area contributed by atoms with Crippen LogP contribution < -0.4 is 0 Å². The molecule has 1 aromatic carbocycles. The molecule has 16 heavy (non-hydrogen) atoms. The minimum absolute atomic E-state index is 0.307. The number of ether oxygens (including phenoxy) is 1. The molecule has 1 aromatic heterocycles. The molecule has 0 saturated carbocycles. The Morgan fingerprint density at radius 2 is 2.00 bits per heavy atom. The normalized spacial score (nSPS) is 9.94. The number of phenolic OH excluding ortho intramolecular Hbond substituents is 1. The monoisotopic (exact) mass is 221 g/mol. The number of nitrogens with zero attached hydrogens (tertiary/aromatic N) is 1. The Hall–Kier alpha value is -1.48. The number of aromatic hydroxyl groups is 1. The van der Waals surface area contributed by atoms with Crippen molar-refractivity contribution < 1.29 is 9.84 Å². The fraction of sp³-hybridized carbons (Fsp3) is 0.385. The summed E-state index contributed by atoms with van der Waals surface area (Å²) in [7, 11) is 1.69. The van der Waals surface area contributed by atoms with Gasteiger partial charge in [0.05, 0.1) is 6.61 Å². The van der Waals surface area contributed by atoms with E-state index in [1.165, 1.54) is 0 Å². The van der Waals surface area contributed by atoms with Gasteiger partial charge in [-0.2, -0.15) is 0 Å². The van der Waals surface area contributed by atoms with Gasteiger partial charge in [-0.1, -0.05) is 13.8 Å². The van der Waals surface area contributed by atoms with E-state index in [-0.39, 0.29) is 0 Å². The highest BCUT2D eigenvalue weighted by atomic mass is 16.5. The second-order valence-electron chi connectivity index (χ2n) is 3.25. The maximum atomic E-state index is 9.28. The van der Waals surface area contributed by atoms with Gasteiger partial charge < -0.3 is 14.4 Å². The third-order valence-corrected chi connectivity index (χ3v) is 2.29. The first-order valence-electron chi connectivity index (χ1n) is 5.58. The summed E-state index contributed by atoms with van der Waals surface area (Å²) in [6.07, 6.45) is 2.00. The zero-order chi connectivity index (χ0) is 12.0. The van der Waals surface area contributed by atoms with Crippen molar-refractivity contribution in [1.82, 2.24) is 4.57 Å². The third-order valence-electron chi connectivity index (χ3n) is 2.29. The molecular weight excluding hydrogens is 202 g/mol. The molecular formula is C13H19NO2. The first-order chi connectivity index (χ1) is 7.81. The SMILES string of the molecule is CC.COCCn1ccc2cc(O)ccc21. The van der Waals surface area contributed by atoms with E-state index in [9.17, 15) is 5.11 Å². The molecule has 0 saturated heterocycles. The molecule has 0 atom stereocenters. The molecule has 0 unspecified atom stereocenters. The molecule has 0 radical (unpaired) electrons. The van der Waals surface area contributed by atoms with E-state index in [0.29, 0.717) is 12.4 Å². The fourth-order valence-corrected chi connectivity index (χ4v) is 1.57. The van der Waals surface area contributed by atoms with Crippen LogP contribution in [0.3, 0.4) is 0 Å². The van der Waals surface area contributed by atoms with E-state index >= 15 is 0 Å². The lowest BCUT2D eigenvalue weighted by molar-refractivity contribution is 0.188. The molecule has 1 heterocycles. The first kappa shape index (κ1) is 12.6. The molecule has 0 aliphatic heterocycles. The van der Waals surface area contributed by atoms with Crippen molar-refractivity contribution in [3.63, 3.8) is 0 Å². The molecule has 0 fully saturated rings. The summed E-state index contributed by atoms with van der Waals surface area (Å²) in [6, 6.07) is 7.37. The Bertz CT molecular complexity index is 434. The van der Waals surface area contributed by atoms with Crippen LogP contribution in [-0.2, 0) is 11.3 Å². The van der Waals surface area contributed by atoms with Crippen LogP contribution in [0.15, 0.2) is 30.5 Å². The number of aromatic nitrogens is 1. The highest BCUT2D eigenvalue weighted by Crippen LogP contribution is 2.20. The molecule has 3 heteroatoms. The van der Waals surface area contributed by atoms with Gasteiger partial charge in [0.1, 0.15) is 5.75 Å². The lowest BCUT2D eigenvalue weighted by Crippen LogP contribution is -2.01. The lowest BCUT2D eigenvalue weighted by Gasteiger charge is -2.03. The topological polar surface area (TPSA) is 34.4 Å². The van der Waals surface area contributed by atoms with Crippen molar-refractivity contribution in [3.05, 3.63) is 30.5 Å². The number of fused-ring (bicyclic) bond motifs is 1. The van der Waals surface area contributed by atoms with Gasteiger partial charge in [0.2, 0.25) is 0 Å². The van der Waals surface area contributed by atoms with Crippen LogP contribution in [0.5, 0.6) is 5.75 Å². The van der Waals surface area contributed by atoms with E-state index in [1.807, 2.05) is 32.2 Å². The summed E-state index contributed by atoms with van der Waals surface area (Å²) in [6.45, 7) is 5.54. The molecule has 0 aliphatic carbocycles. The maximum Gasteiger partial charge on any atom is 0.116 e. The van der Waals surface area contributed by atoms with E-state index in [0.717, 1.165) is 17.4 Å². The van der Waals surface area contributed by atoms with Crippen molar-refractivity contribution in [2.75, 3.05) is 13.7 Å². The molecule has 0 aliphatic rings. The molecule has 88 valence electrons. The summed E-state index contributed by atoms with van der Waals surface area (Å²) in [5.41, 5.74) is 1.12. The summed E-state index contributed by atoms with van der Waals surface area (Å²) in [4.78, 5) is 0. The molecule has 2 rings (SSSR count). The molecule has 0 spiro atoms. The highest BCUT2D eigenvalue weighted by Gasteiger charge is 2.00. The number of methoxy groups -OCH3 is 1. The minimum atomic E-state index is 0.307. The fourth-order valence-electron chi connectivity index (χ4n) is 1.57. The van der Waals surface area contributed by atoms with Gasteiger partial charge in [-0.3, -0.25) is 0 Å². The van der Waals surface area contributed by atoms with Crippen molar-refractivity contribution in [2.24, 2.45) is 0 Å². The Balaban J connectivity index is 0.000000606. The highest BCUT2D eigenvalue weighted by molar-refractivity contribution is 5.81. The zero-order valence-corrected chi connectivity index (χ0v) is 10.1. The summed E-state index contributed by atoms with van der Waals surface area (Å²) in [5, 5.41) is 10.3. The number of hydrogen-bond acceptors (Lipinski definition) is 2. The Morgan fingerprint density at radius 3 is 2.69 bits per heavy atom. The van der Waals surface area contributed by atoms with Gasteiger partial charge >= 0.3 is 0 Å². The minimum Gasteiger partial charge on any atom is -0.508 e. The Morgan fingerprint density at radius 1 is 1.25 bits per heavy atom. The van der Waals surface area contributed by atoms with Crippen molar-refractivity contribution in [1.29, 1.82) is 0 Å². The van der Waals surface area contributed by atoms with Gasteiger partial charge in [0.15, 0.2) is 0 Å². The van der Waals surface area contributed by atoms with Crippen LogP contribution in [0.25, 0.3) is 10.9 Å². The van der Waals surface area contributed by atoms with Crippen LogP contribution in [0.1, 0.15) is 13.8 Å². The molecule has 0 amide bonds. The van der Waals surface area contributed by atoms with Gasteiger partial charge in [0.25, 0.3) is 0 Å². The van der Waals surface area contributed by atoms with Gasteiger partial charge in [-0.05, 0) is 24.3 Å². The van der Waals surface area contributed by atoms with Crippen LogP contribution in [0.2, 0.25) is 0 Å². The van der Waals surface area contributed by atoms with Crippen molar-refractivity contribution in [3.8, 4) is 5.75 Å². The van der Waals surface area contributed by atoms with Gasteiger partial charge in [-0.15, -0.1) is 0 Å². The predicted molar refractivity (Wildman–Crippen MR) is 66.8 cm³/mol. The van der Waals surface area contributed by atoms with E-state index in [2.05, 4.69) is 4.57 Å². The van der Waals surface area contributed by atoms with Crippen LogP contribution >= 0.6 is 0 Å². The number of hydrogen-bond donors (Lipinski definition) is 1. The molecule has 1 N–H and O–H groups in total. The largest absolute Gasteiger partial charge is 0.508 e. The smallest absolute Gasteiger partial charge is 0.116 e. The van der Waals surface area contributed by atoms with E-state index in [1.54, 1.807) is 19.2 Å². The number of benzene rings is 1.